The Morgan fingerprint density at radius 1 is 1.50 bits per heavy atom. The van der Waals surface area contributed by atoms with Crippen LogP contribution in [-0.2, 0) is 23.9 Å². The van der Waals surface area contributed by atoms with Gasteiger partial charge in [-0.3, -0.25) is 14.4 Å². The Labute approximate surface area is 93.1 Å². The van der Waals surface area contributed by atoms with Crippen molar-refractivity contribution in [2.45, 2.75) is 32.8 Å². The minimum atomic E-state index is -0.985. The van der Waals surface area contributed by atoms with Crippen molar-refractivity contribution in [2.24, 2.45) is 11.3 Å². The van der Waals surface area contributed by atoms with Crippen LogP contribution < -0.4 is 0 Å². The highest BCUT2D eigenvalue weighted by Gasteiger charge is 2.60. The predicted octanol–water partition coefficient (Wildman–Crippen LogP) is 0.460. The molecule has 2 aliphatic rings. The molecule has 0 radical (unpaired) electrons. The lowest BCUT2D eigenvalue weighted by molar-refractivity contribution is -0.169. The van der Waals surface area contributed by atoms with Crippen LogP contribution in [0.3, 0.4) is 0 Å². The summed E-state index contributed by atoms with van der Waals surface area (Å²) in [4.78, 5) is 34.4. The van der Waals surface area contributed by atoms with Gasteiger partial charge in [-0.1, -0.05) is 0 Å². The molecule has 0 unspecified atom stereocenters. The Morgan fingerprint density at radius 2 is 2.19 bits per heavy atom. The van der Waals surface area contributed by atoms with Crippen molar-refractivity contribution in [3.63, 3.8) is 0 Å². The number of esters is 2. The van der Waals surface area contributed by atoms with Gasteiger partial charge in [0, 0.05) is 13.3 Å². The fraction of sp³-hybridized carbons (Fsp3) is 0.727. The minimum Gasteiger partial charge on any atom is -0.464 e. The third-order valence-electron chi connectivity index (χ3n) is 3.56. The molecule has 2 rings (SSSR count). The molecule has 0 aromatic rings. The number of cyclic esters (lactones) is 1. The lowest BCUT2D eigenvalue weighted by Gasteiger charge is -2.37. The summed E-state index contributed by atoms with van der Waals surface area (Å²) in [7, 11) is 0. The number of rotatable bonds is 1. The molecule has 0 bridgehead atoms. The molecule has 1 aliphatic heterocycles. The van der Waals surface area contributed by atoms with E-state index >= 15 is 0 Å². The molecular weight excluding hydrogens is 212 g/mol. The Balaban J connectivity index is 2.30. The van der Waals surface area contributed by atoms with Gasteiger partial charge in [-0.15, -0.1) is 0 Å². The zero-order chi connectivity index (χ0) is 11.9. The van der Waals surface area contributed by atoms with Crippen LogP contribution in [0.5, 0.6) is 0 Å². The van der Waals surface area contributed by atoms with Gasteiger partial charge in [-0.25, -0.2) is 0 Å². The number of fused-ring (bicyclic) bond motifs is 1. The molecular formula is C11H14O5. The van der Waals surface area contributed by atoms with Crippen LogP contribution in [0.2, 0.25) is 0 Å². The SMILES string of the molecule is CC(=O)O[C@@H]1CCC(=O)[C@H]2COC(=O)[C@]21C. The lowest BCUT2D eigenvalue weighted by atomic mass is 9.66. The second-order valence-electron chi connectivity index (χ2n) is 4.54. The van der Waals surface area contributed by atoms with Crippen LogP contribution in [-0.4, -0.2) is 30.4 Å². The molecule has 0 spiro atoms. The molecule has 0 aromatic carbocycles. The minimum absolute atomic E-state index is 0.0248. The van der Waals surface area contributed by atoms with Gasteiger partial charge in [0.15, 0.2) is 0 Å². The first-order valence-electron chi connectivity index (χ1n) is 5.33. The van der Waals surface area contributed by atoms with E-state index < -0.39 is 29.4 Å². The van der Waals surface area contributed by atoms with Crippen molar-refractivity contribution in [3.05, 3.63) is 0 Å². The van der Waals surface area contributed by atoms with Crippen molar-refractivity contribution in [1.29, 1.82) is 0 Å². The highest BCUT2D eigenvalue weighted by molar-refractivity contribution is 5.93. The monoisotopic (exact) mass is 226 g/mol. The Morgan fingerprint density at radius 3 is 2.81 bits per heavy atom. The second-order valence-corrected chi connectivity index (χ2v) is 4.54. The first-order valence-corrected chi connectivity index (χ1v) is 5.33. The first-order chi connectivity index (χ1) is 7.46. The normalized spacial score (nSPS) is 37.9. The number of carbonyl (C=O) groups excluding carboxylic acids is 3. The standard InChI is InChI=1S/C11H14O5/c1-6(12)16-9-4-3-8(13)7-5-15-10(14)11(7,9)2/h7,9H,3-5H2,1-2H3/t7-,9-,11-/m1/s1. The Bertz CT molecular complexity index is 361. The zero-order valence-electron chi connectivity index (χ0n) is 9.32. The van der Waals surface area contributed by atoms with Gasteiger partial charge in [-0.2, -0.15) is 0 Å². The van der Waals surface area contributed by atoms with Gasteiger partial charge in [0.1, 0.15) is 23.9 Å². The van der Waals surface area contributed by atoms with E-state index in [0.29, 0.717) is 12.8 Å². The third-order valence-corrected chi connectivity index (χ3v) is 3.56. The van der Waals surface area contributed by atoms with Gasteiger partial charge in [0.25, 0.3) is 0 Å². The van der Waals surface area contributed by atoms with Crippen LogP contribution in [0.25, 0.3) is 0 Å². The maximum atomic E-state index is 11.7. The van der Waals surface area contributed by atoms with E-state index in [1.165, 1.54) is 6.92 Å². The lowest BCUT2D eigenvalue weighted by Crippen LogP contribution is -2.50. The van der Waals surface area contributed by atoms with E-state index in [-0.39, 0.29) is 12.4 Å². The summed E-state index contributed by atoms with van der Waals surface area (Å²) in [5, 5.41) is 0. The van der Waals surface area contributed by atoms with Crippen molar-refractivity contribution in [1.82, 2.24) is 0 Å². The topological polar surface area (TPSA) is 69.7 Å². The average molecular weight is 226 g/mol. The molecule has 16 heavy (non-hydrogen) atoms. The van der Waals surface area contributed by atoms with Gasteiger partial charge in [0.2, 0.25) is 0 Å². The van der Waals surface area contributed by atoms with E-state index in [9.17, 15) is 14.4 Å². The summed E-state index contributed by atoms with van der Waals surface area (Å²) in [5.74, 6) is -1.30. The first kappa shape index (κ1) is 11.1. The van der Waals surface area contributed by atoms with Gasteiger partial charge < -0.3 is 9.47 Å². The smallest absolute Gasteiger partial charge is 0.316 e. The molecule has 1 heterocycles. The zero-order valence-corrected chi connectivity index (χ0v) is 9.32. The maximum Gasteiger partial charge on any atom is 0.316 e. The number of carbonyl (C=O) groups is 3. The highest BCUT2D eigenvalue weighted by Crippen LogP contribution is 2.46. The number of Topliss-reactive ketones (excluding diaryl/α,β-unsaturated/α-hetero) is 1. The molecule has 1 saturated heterocycles. The van der Waals surface area contributed by atoms with Crippen LogP contribution in [0.4, 0.5) is 0 Å². The van der Waals surface area contributed by atoms with E-state index in [1.807, 2.05) is 0 Å². The van der Waals surface area contributed by atoms with E-state index in [2.05, 4.69) is 0 Å². The second kappa shape index (κ2) is 3.57. The van der Waals surface area contributed by atoms with Crippen molar-refractivity contribution in [3.8, 4) is 0 Å². The summed E-state index contributed by atoms with van der Waals surface area (Å²) < 4.78 is 10.1. The molecule has 3 atom stereocenters. The number of hydrogen-bond acceptors (Lipinski definition) is 5. The number of hydrogen-bond donors (Lipinski definition) is 0. The van der Waals surface area contributed by atoms with Crippen LogP contribution in [0, 0.1) is 11.3 Å². The molecule has 2 fully saturated rings. The number of ketones is 1. The largest absolute Gasteiger partial charge is 0.464 e. The molecule has 0 aromatic heterocycles. The van der Waals surface area contributed by atoms with Crippen molar-refractivity contribution < 1.29 is 23.9 Å². The summed E-state index contributed by atoms with van der Waals surface area (Å²) in [6.45, 7) is 3.07. The molecule has 5 nitrogen and oxygen atoms in total. The van der Waals surface area contributed by atoms with E-state index in [1.54, 1.807) is 6.92 Å². The molecule has 1 aliphatic carbocycles. The molecule has 88 valence electrons. The molecule has 1 saturated carbocycles. The Hall–Kier alpha value is -1.39. The molecule has 5 heteroatoms. The van der Waals surface area contributed by atoms with Gasteiger partial charge >= 0.3 is 11.9 Å². The van der Waals surface area contributed by atoms with Gasteiger partial charge in [0.05, 0.1) is 5.92 Å². The molecule has 0 amide bonds. The van der Waals surface area contributed by atoms with Crippen molar-refractivity contribution in [2.75, 3.05) is 6.61 Å². The fourth-order valence-corrected chi connectivity index (χ4v) is 2.54. The number of ether oxygens (including phenoxy) is 2. The summed E-state index contributed by atoms with van der Waals surface area (Å²) in [6.07, 6.45) is 0.206. The van der Waals surface area contributed by atoms with Crippen LogP contribution in [0.15, 0.2) is 0 Å². The predicted molar refractivity (Wildman–Crippen MR) is 52.4 cm³/mol. The van der Waals surface area contributed by atoms with E-state index in [0.717, 1.165) is 0 Å². The van der Waals surface area contributed by atoms with Crippen LogP contribution >= 0.6 is 0 Å². The maximum absolute atomic E-state index is 11.7. The summed E-state index contributed by atoms with van der Waals surface area (Å²) in [5.41, 5.74) is -0.985. The fourth-order valence-electron chi connectivity index (χ4n) is 2.54. The van der Waals surface area contributed by atoms with Crippen molar-refractivity contribution >= 4 is 17.7 Å². The van der Waals surface area contributed by atoms with Gasteiger partial charge in [-0.05, 0) is 13.3 Å². The Kier molecular flexibility index (Phi) is 2.48. The average Bonchev–Trinajstić information content (AvgIpc) is 2.50. The molecule has 0 N–H and O–H groups in total. The summed E-state index contributed by atoms with van der Waals surface area (Å²) in [6, 6.07) is 0. The third kappa shape index (κ3) is 1.42. The summed E-state index contributed by atoms with van der Waals surface area (Å²) >= 11 is 0. The quantitative estimate of drug-likeness (QED) is 0.607. The highest BCUT2D eigenvalue weighted by atomic mass is 16.6. The van der Waals surface area contributed by atoms with E-state index in [4.69, 9.17) is 9.47 Å². The van der Waals surface area contributed by atoms with Crippen LogP contribution in [0.1, 0.15) is 26.7 Å².